The number of aromatic hydroxyl groups is 3. The predicted molar refractivity (Wildman–Crippen MR) is 160 cm³/mol. The smallest absolute Gasteiger partial charge is 0.326 e. The number of phenolic OH excluding ortho intramolecular Hbond substituents is 3. The van der Waals surface area contributed by atoms with E-state index in [1.807, 2.05) is 0 Å². The van der Waals surface area contributed by atoms with Gasteiger partial charge in [-0.25, -0.2) is 4.79 Å². The van der Waals surface area contributed by atoms with Gasteiger partial charge in [0.1, 0.15) is 35.4 Å². The van der Waals surface area contributed by atoms with Crippen LogP contribution in [0.4, 0.5) is 0 Å². The first-order chi connectivity index (χ1) is 21.0. The minimum Gasteiger partial charge on any atom is -0.508 e. The van der Waals surface area contributed by atoms with E-state index < -0.39 is 47.9 Å². The third kappa shape index (κ3) is 8.48. The third-order valence-corrected chi connectivity index (χ3v) is 7.55. The highest BCUT2D eigenvalue weighted by molar-refractivity contribution is 5.94. The van der Waals surface area contributed by atoms with Gasteiger partial charge in [0.2, 0.25) is 17.7 Å². The largest absolute Gasteiger partial charge is 0.508 e. The Kier molecular flexibility index (Phi) is 10.4. The number of aliphatic carboxylic acids is 1. The highest BCUT2D eigenvalue weighted by Crippen LogP contribution is 2.21. The maximum atomic E-state index is 13.5. The summed E-state index contributed by atoms with van der Waals surface area (Å²) in [6.45, 7) is 0.308. The quantitative estimate of drug-likeness (QED) is 0.159. The Morgan fingerprint density at radius 3 is 1.66 bits per heavy atom. The van der Waals surface area contributed by atoms with E-state index in [-0.39, 0.29) is 36.5 Å². The molecule has 0 radical (unpaired) electrons. The lowest BCUT2D eigenvalue weighted by Gasteiger charge is -2.29. The van der Waals surface area contributed by atoms with E-state index in [0.717, 1.165) is 5.56 Å². The van der Waals surface area contributed by atoms with Crippen LogP contribution >= 0.6 is 0 Å². The number of carboxylic acids is 1. The molecule has 1 saturated heterocycles. The number of hydrogen-bond acceptors (Lipinski definition) is 8. The second kappa shape index (κ2) is 14.4. The number of nitrogens with zero attached hydrogens (tertiary/aromatic N) is 1. The Bertz CT molecular complexity index is 1460. The molecule has 0 spiro atoms. The molecule has 1 fully saturated rings. The van der Waals surface area contributed by atoms with E-state index in [2.05, 4.69) is 10.6 Å². The minimum absolute atomic E-state index is 0.00949. The van der Waals surface area contributed by atoms with E-state index in [9.17, 15) is 39.6 Å². The molecule has 1 heterocycles. The van der Waals surface area contributed by atoms with E-state index in [1.165, 1.54) is 41.3 Å². The molecule has 0 aromatic heterocycles. The number of nitrogens with one attached hydrogen (secondary N) is 2. The van der Waals surface area contributed by atoms with Crippen molar-refractivity contribution in [2.75, 3.05) is 6.54 Å². The minimum atomic E-state index is -1.33. The zero-order valence-corrected chi connectivity index (χ0v) is 23.9. The molecule has 4 rings (SSSR count). The molecule has 3 aromatic rings. The number of benzene rings is 3. The topological polar surface area (TPSA) is 203 Å². The fraction of sp³-hybridized carbons (Fsp3) is 0.312. The van der Waals surface area contributed by atoms with Gasteiger partial charge in [-0.2, -0.15) is 0 Å². The summed E-state index contributed by atoms with van der Waals surface area (Å²) in [6, 6.07) is 13.9. The number of amides is 3. The highest BCUT2D eigenvalue weighted by Gasteiger charge is 2.38. The molecule has 4 atom stereocenters. The Hall–Kier alpha value is -5.10. The lowest BCUT2D eigenvalue weighted by Crippen LogP contribution is -2.57. The maximum Gasteiger partial charge on any atom is 0.326 e. The second-order valence-electron chi connectivity index (χ2n) is 10.9. The van der Waals surface area contributed by atoms with E-state index in [4.69, 9.17) is 5.73 Å². The van der Waals surface area contributed by atoms with Crippen molar-refractivity contribution in [2.24, 2.45) is 5.73 Å². The number of likely N-dealkylation sites (tertiary alicyclic amines) is 1. The zero-order valence-electron chi connectivity index (χ0n) is 23.9. The number of hydrogen-bond donors (Lipinski definition) is 7. The normalized spacial score (nSPS) is 16.5. The fourth-order valence-electron chi connectivity index (χ4n) is 5.17. The van der Waals surface area contributed by atoms with Crippen LogP contribution in [0.5, 0.6) is 17.2 Å². The molecule has 44 heavy (non-hydrogen) atoms. The molecular weight excluding hydrogens is 568 g/mol. The van der Waals surface area contributed by atoms with Crippen LogP contribution in [0.3, 0.4) is 0 Å². The molecule has 1 aliphatic rings. The number of rotatable bonds is 12. The van der Waals surface area contributed by atoms with Crippen molar-refractivity contribution in [2.45, 2.75) is 56.3 Å². The Morgan fingerprint density at radius 1 is 0.727 bits per heavy atom. The summed E-state index contributed by atoms with van der Waals surface area (Å²) in [5, 5.41) is 43.7. The summed E-state index contributed by atoms with van der Waals surface area (Å²) < 4.78 is 0. The lowest BCUT2D eigenvalue weighted by atomic mass is 10.0. The first-order valence-electron chi connectivity index (χ1n) is 14.2. The third-order valence-electron chi connectivity index (χ3n) is 7.55. The molecule has 3 aromatic carbocycles. The summed E-state index contributed by atoms with van der Waals surface area (Å²) in [7, 11) is 0. The highest BCUT2D eigenvalue weighted by atomic mass is 16.4. The Balaban J connectivity index is 1.48. The predicted octanol–water partition coefficient (Wildman–Crippen LogP) is 1.20. The van der Waals surface area contributed by atoms with Crippen molar-refractivity contribution in [1.82, 2.24) is 15.5 Å². The van der Waals surface area contributed by atoms with Gasteiger partial charge in [-0.1, -0.05) is 36.4 Å². The van der Waals surface area contributed by atoms with Crippen LogP contribution < -0.4 is 16.4 Å². The van der Waals surface area contributed by atoms with Gasteiger partial charge in [0, 0.05) is 19.4 Å². The number of carboxylic acid groups (broad SMARTS) is 1. The zero-order chi connectivity index (χ0) is 31.8. The van der Waals surface area contributed by atoms with Gasteiger partial charge >= 0.3 is 5.97 Å². The summed E-state index contributed by atoms with van der Waals surface area (Å²) in [5.74, 6) is -2.89. The summed E-state index contributed by atoms with van der Waals surface area (Å²) in [6.07, 6.45) is 1.04. The van der Waals surface area contributed by atoms with Crippen LogP contribution in [0, 0.1) is 0 Å². The van der Waals surface area contributed by atoms with Crippen LogP contribution in [0.1, 0.15) is 29.5 Å². The Labute approximate surface area is 254 Å². The van der Waals surface area contributed by atoms with Gasteiger partial charge in [-0.3, -0.25) is 14.4 Å². The molecule has 3 amide bonds. The fourth-order valence-corrected chi connectivity index (χ4v) is 5.17. The second-order valence-corrected chi connectivity index (χ2v) is 10.9. The van der Waals surface area contributed by atoms with Gasteiger partial charge < -0.3 is 41.7 Å². The summed E-state index contributed by atoms with van der Waals surface area (Å²) in [5.41, 5.74) is 8.12. The van der Waals surface area contributed by atoms with Crippen molar-refractivity contribution >= 4 is 23.7 Å². The van der Waals surface area contributed by atoms with Crippen molar-refractivity contribution in [1.29, 1.82) is 0 Å². The number of carbonyl (C=O) groups is 4. The van der Waals surface area contributed by atoms with Gasteiger partial charge in [0.25, 0.3) is 0 Å². The van der Waals surface area contributed by atoms with Crippen LogP contribution in [0.2, 0.25) is 0 Å². The average Bonchev–Trinajstić information content (AvgIpc) is 3.49. The van der Waals surface area contributed by atoms with Crippen molar-refractivity contribution in [3.63, 3.8) is 0 Å². The van der Waals surface area contributed by atoms with Gasteiger partial charge in [-0.15, -0.1) is 0 Å². The SMILES string of the molecule is N[C@@H](Cc1ccc(O)cc1)C(=O)N1CCC[C@H]1C(=O)N[C@@H](Cc1ccc(O)cc1)C(=O)N[C@@H](Cc1ccc(O)cc1)C(=O)O. The standard InChI is InChI=1S/C32H36N4O8/c33-25(16-19-3-9-22(37)10-4-19)31(42)36-15-1-2-28(36)30(41)34-26(17-20-5-11-23(38)12-6-20)29(40)35-27(32(43)44)18-21-7-13-24(39)14-8-21/h3-14,25-28,37-39H,1-2,15-18,33H2,(H,34,41)(H,35,40)(H,43,44)/t25-,26-,27-,28-/m0/s1. The molecule has 232 valence electrons. The lowest BCUT2D eigenvalue weighted by molar-refractivity contribution is -0.143. The van der Waals surface area contributed by atoms with E-state index in [0.29, 0.717) is 30.5 Å². The molecule has 12 nitrogen and oxygen atoms in total. The van der Waals surface area contributed by atoms with Crippen molar-refractivity contribution in [3.8, 4) is 17.2 Å². The Morgan fingerprint density at radius 2 is 1.18 bits per heavy atom. The molecule has 0 unspecified atom stereocenters. The molecule has 0 saturated carbocycles. The van der Waals surface area contributed by atoms with E-state index in [1.54, 1.807) is 36.4 Å². The van der Waals surface area contributed by atoms with Gasteiger partial charge in [0.05, 0.1) is 6.04 Å². The van der Waals surface area contributed by atoms with Crippen LogP contribution in [-0.4, -0.2) is 79.7 Å². The van der Waals surface area contributed by atoms with Crippen molar-refractivity contribution < 1.29 is 39.6 Å². The van der Waals surface area contributed by atoms with Crippen LogP contribution in [0.15, 0.2) is 72.8 Å². The molecule has 0 aliphatic carbocycles. The number of nitrogens with two attached hydrogens (primary N) is 1. The molecule has 1 aliphatic heterocycles. The average molecular weight is 605 g/mol. The first kappa shape index (κ1) is 31.8. The molecule has 12 heteroatoms. The van der Waals surface area contributed by atoms with Crippen LogP contribution in [-0.2, 0) is 38.4 Å². The van der Waals surface area contributed by atoms with E-state index >= 15 is 0 Å². The van der Waals surface area contributed by atoms with Crippen LogP contribution in [0.25, 0.3) is 0 Å². The summed E-state index contributed by atoms with van der Waals surface area (Å²) in [4.78, 5) is 53.7. The summed E-state index contributed by atoms with van der Waals surface area (Å²) >= 11 is 0. The molecular formula is C32H36N4O8. The maximum absolute atomic E-state index is 13.5. The van der Waals surface area contributed by atoms with Crippen molar-refractivity contribution in [3.05, 3.63) is 89.5 Å². The number of phenols is 3. The molecule has 8 N–H and O–H groups in total. The number of carbonyl (C=O) groups excluding carboxylic acids is 3. The van der Waals surface area contributed by atoms with Gasteiger partial charge in [0.15, 0.2) is 0 Å². The van der Waals surface area contributed by atoms with Gasteiger partial charge in [-0.05, 0) is 72.4 Å². The monoisotopic (exact) mass is 604 g/mol. The molecule has 0 bridgehead atoms. The first-order valence-corrected chi connectivity index (χ1v) is 14.2.